The van der Waals surface area contributed by atoms with Crippen molar-refractivity contribution in [2.24, 2.45) is 11.8 Å². The van der Waals surface area contributed by atoms with Crippen LogP contribution >= 0.6 is 0 Å². The Hall–Kier alpha value is -1.06. The van der Waals surface area contributed by atoms with Gasteiger partial charge in [0.25, 0.3) is 0 Å². The molecular formula is C13H24N2O2. The smallest absolute Gasteiger partial charge is 0.245 e. The Balaban J connectivity index is 3.06. The largest absolute Gasteiger partial charge is 0.343 e. The van der Waals surface area contributed by atoms with Crippen LogP contribution < -0.4 is 5.32 Å². The Morgan fingerprint density at radius 1 is 1.12 bits per heavy atom. The molecule has 0 aromatic heterocycles. The average molecular weight is 240 g/mol. The predicted octanol–water partition coefficient (Wildman–Crippen LogP) is 1.40. The van der Waals surface area contributed by atoms with E-state index in [4.69, 9.17) is 0 Å². The van der Waals surface area contributed by atoms with Crippen LogP contribution in [0.1, 0.15) is 41.5 Å². The van der Waals surface area contributed by atoms with E-state index in [1.165, 1.54) is 0 Å². The zero-order valence-corrected chi connectivity index (χ0v) is 11.7. The van der Waals surface area contributed by atoms with Crippen molar-refractivity contribution in [3.63, 3.8) is 0 Å². The molecule has 98 valence electrons. The summed E-state index contributed by atoms with van der Waals surface area (Å²) in [5.41, 5.74) is 0. The molecule has 0 bridgehead atoms. The van der Waals surface area contributed by atoms with E-state index in [0.717, 1.165) is 0 Å². The molecule has 1 aliphatic heterocycles. The third kappa shape index (κ3) is 2.61. The fourth-order valence-electron chi connectivity index (χ4n) is 2.25. The van der Waals surface area contributed by atoms with Crippen LogP contribution in [0.2, 0.25) is 0 Å². The first-order valence-electron chi connectivity index (χ1n) is 6.40. The minimum absolute atomic E-state index is 0.0281. The lowest BCUT2D eigenvalue weighted by atomic mass is 9.92. The molecule has 0 radical (unpaired) electrons. The number of nitrogens with zero attached hydrogens (tertiary/aromatic N) is 1. The highest BCUT2D eigenvalue weighted by Gasteiger charge is 2.42. The van der Waals surface area contributed by atoms with Crippen molar-refractivity contribution in [1.82, 2.24) is 10.2 Å². The predicted molar refractivity (Wildman–Crippen MR) is 67.4 cm³/mol. The molecule has 4 nitrogen and oxygen atoms in total. The van der Waals surface area contributed by atoms with Gasteiger partial charge in [0.15, 0.2) is 0 Å². The number of carbonyl (C=O) groups is 2. The van der Waals surface area contributed by atoms with Gasteiger partial charge in [-0.15, -0.1) is 0 Å². The maximum Gasteiger partial charge on any atom is 0.245 e. The van der Waals surface area contributed by atoms with Crippen LogP contribution in [0, 0.1) is 11.8 Å². The van der Waals surface area contributed by atoms with Crippen molar-refractivity contribution in [2.75, 3.05) is 0 Å². The second-order valence-corrected chi connectivity index (χ2v) is 5.65. The summed E-state index contributed by atoms with van der Waals surface area (Å²) in [6.45, 7) is 11.9. The fourth-order valence-corrected chi connectivity index (χ4v) is 2.25. The summed E-state index contributed by atoms with van der Waals surface area (Å²) in [5.74, 6) is 0.482. The summed E-state index contributed by atoms with van der Waals surface area (Å²) in [4.78, 5) is 26.0. The first-order chi connectivity index (χ1) is 7.77. The van der Waals surface area contributed by atoms with Gasteiger partial charge in [0.1, 0.15) is 12.1 Å². The maximum absolute atomic E-state index is 12.2. The monoisotopic (exact) mass is 240 g/mol. The lowest BCUT2D eigenvalue weighted by Gasteiger charge is -2.44. The highest BCUT2D eigenvalue weighted by Crippen LogP contribution is 2.23. The molecular weight excluding hydrogens is 216 g/mol. The lowest BCUT2D eigenvalue weighted by Crippen LogP contribution is -2.66. The molecule has 4 heteroatoms. The molecule has 0 aromatic rings. The van der Waals surface area contributed by atoms with Gasteiger partial charge in [-0.05, 0) is 25.7 Å². The average Bonchev–Trinajstić information content (AvgIpc) is 2.21. The molecule has 1 heterocycles. The van der Waals surface area contributed by atoms with Crippen LogP contribution in [0.5, 0.6) is 0 Å². The van der Waals surface area contributed by atoms with Crippen LogP contribution in [0.4, 0.5) is 0 Å². The third-order valence-electron chi connectivity index (χ3n) is 3.59. The summed E-state index contributed by atoms with van der Waals surface area (Å²) >= 11 is 0. The topological polar surface area (TPSA) is 49.4 Å². The fraction of sp³-hybridized carbons (Fsp3) is 0.846. The molecule has 0 aliphatic carbocycles. The second-order valence-electron chi connectivity index (χ2n) is 5.65. The summed E-state index contributed by atoms with van der Waals surface area (Å²) in [5, 5.41) is 2.75. The van der Waals surface area contributed by atoms with E-state index in [-0.39, 0.29) is 29.8 Å². The minimum Gasteiger partial charge on any atom is -0.343 e. The van der Waals surface area contributed by atoms with Crippen molar-refractivity contribution in [2.45, 2.75) is 59.7 Å². The van der Waals surface area contributed by atoms with Gasteiger partial charge in [-0.2, -0.15) is 0 Å². The Labute approximate surface area is 104 Å². The van der Waals surface area contributed by atoms with Crippen LogP contribution in [-0.2, 0) is 9.59 Å². The summed E-state index contributed by atoms with van der Waals surface area (Å²) in [7, 11) is 0. The quantitative estimate of drug-likeness (QED) is 0.810. The SMILES string of the molecule is CC1NC(=O)C(C(C)C)N(C(C)C(C)C)C1=O. The van der Waals surface area contributed by atoms with Crippen LogP contribution in [0.25, 0.3) is 0 Å². The Bertz CT molecular complexity index is 313. The molecule has 3 unspecified atom stereocenters. The number of hydrogen-bond donors (Lipinski definition) is 1. The number of hydrogen-bond acceptors (Lipinski definition) is 2. The van der Waals surface area contributed by atoms with E-state index in [2.05, 4.69) is 19.2 Å². The molecule has 1 aliphatic rings. The Morgan fingerprint density at radius 2 is 1.65 bits per heavy atom. The molecule has 1 rings (SSSR count). The Kier molecular flexibility index (Phi) is 4.17. The minimum atomic E-state index is -0.404. The lowest BCUT2D eigenvalue weighted by molar-refractivity contribution is -0.154. The highest BCUT2D eigenvalue weighted by molar-refractivity contribution is 5.97. The second kappa shape index (κ2) is 5.07. The van der Waals surface area contributed by atoms with Gasteiger partial charge < -0.3 is 10.2 Å². The first-order valence-corrected chi connectivity index (χ1v) is 6.40. The molecule has 1 fully saturated rings. The van der Waals surface area contributed by atoms with Crippen molar-refractivity contribution in [3.05, 3.63) is 0 Å². The zero-order valence-electron chi connectivity index (χ0n) is 11.7. The first kappa shape index (κ1) is 14.0. The van der Waals surface area contributed by atoms with E-state index in [9.17, 15) is 9.59 Å². The van der Waals surface area contributed by atoms with E-state index in [1.807, 2.05) is 20.8 Å². The number of nitrogens with one attached hydrogen (secondary N) is 1. The molecule has 17 heavy (non-hydrogen) atoms. The van der Waals surface area contributed by atoms with Gasteiger partial charge in [-0.3, -0.25) is 9.59 Å². The van der Waals surface area contributed by atoms with Crippen molar-refractivity contribution in [3.8, 4) is 0 Å². The Morgan fingerprint density at radius 3 is 2.06 bits per heavy atom. The van der Waals surface area contributed by atoms with Crippen LogP contribution in [0.15, 0.2) is 0 Å². The van der Waals surface area contributed by atoms with Gasteiger partial charge >= 0.3 is 0 Å². The zero-order chi connectivity index (χ0) is 13.3. The molecule has 2 amide bonds. The van der Waals surface area contributed by atoms with Crippen LogP contribution in [0.3, 0.4) is 0 Å². The van der Waals surface area contributed by atoms with E-state index in [0.29, 0.717) is 5.92 Å². The van der Waals surface area contributed by atoms with Crippen molar-refractivity contribution in [1.29, 1.82) is 0 Å². The van der Waals surface area contributed by atoms with Gasteiger partial charge in [0.05, 0.1) is 0 Å². The summed E-state index contributed by atoms with van der Waals surface area (Å²) < 4.78 is 0. The van der Waals surface area contributed by atoms with Gasteiger partial charge in [-0.1, -0.05) is 27.7 Å². The molecule has 3 atom stereocenters. The number of carbonyl (C=O) groups excluding carboxylic acids is 2. The van der Waals surface area contributed by atoms with E-state index in [1.54, 1.807) is 11.8 Å². The van der Waals surface area contributed by atoms with E-state index >= 15 is 0 Å². The highest BCUT2D eigenvalue weighted by atomic mass is 16.2. The molecule has 0 saturated carbocycles. The summed E-state index contributed by atoms with van der Waals surface area (Å²) in [6.07, 6.45) is 0. The molecule has 0 spiro atoms. The maximum atomic E-state index is 12.2. The van der Waals surface area contributed by atoms with Gasteiger partial charge in [0.2, 0.25) is 11.8 Å². The van der Waals surface area contributed by atoms with Gasteiger partial charge in [-0.25, -0.2) is 0 Å². The van der Waals surface area contributed by atoms with Crippen molar-refractivity contribution < 1.29 is 9.59 Å². The number of rotatable bonds is 3. The van der Waals surface area contributed by atoms with Crippen molar-refractivity contribution >= 4 is 11.8 Å². The summed E-state index contributed by atoms with van der Waals surface area (Å²) in [6, 6.07) is -0.654. The normalized spacial score (nSPS) is 27.6. The molecule has 1 N–H and O–H groups in total. The standard InChI is InChI=1S/C13H24N2O2/c1-7(2)10(6)15-11(8(3)4)12(16)14-9(5)13(15)17/h7-11H,1-6H3,(H,14,16). The number of piperazine rings is 1. The third-order valence-corrected chi connectivity index (χ3v) is 3.59. The molecule has 1 saturated heterocycles. The number of amides is 2. The van der Waals surface area contributed by atoms with Gasteiger partial charge in [0, 0.05) is 6.04 Å². The van der Waals surface area contributed by atoms with E-state index < -0.39 is 6.04 Å². The molecule has 0 aromatic carbocycles. The van der Waals surface area contributed by atoms with Crippen LogP contribution in [-0.4, -0.2) is 34.8 Å².